The minimum atomic E-state index is -0.431. The Morgan fingerprint density at radius 1 is 0.458 bits per heavy atom. The van der Waals surface area contributed by atoms with Crippen LogP contribution in [0, 0.1) is 0 Å². The van der Waals surface area contributed by atoms with E-state index in [2.05, 4.69) is 151 Å². The lowest BCUT2D eigenvalue weighted by Gasteiger charge is -2.24. The zero-order chi connectivity index (χ0) is 38.6. The predicted octanol–water partition coefficient (Wildman–Crippen LogP) is 14.3. The second-order valence-electron chi connectivity index (χ2n) is 15.3. The average molecular weight is 774 g/mol. The number of amidine groups is 2. The van der Waals surface area contributed by atoms with Crippen molar-refractivity contribution < 1.29 is 8.83 Å². The van der Waals surface area contributed by atoms with Crippen LogP contribution in [0.5, 0.6) is 0 Å². The Bertz CT molecular complexity index is 3790. The standard InChI is InChI=1S/C53H31N3O2S/c1-2-10-35-30(9-1)19-20-31-27-33(22-24-36(31)35)51-54-52(34-23-25-39-38-11-3-5-16-44(38)57-46(39)28-34)56-53(55-51)43-15-8-17-45-49(43)42-14-7-13-37(50(42)58-45)32-21-26-41-40-12-4-6-18-47(40)59-48(41)29-32/h1-29,52H,(H,54,55,56). The lowest BCUT2D eigenvalue weighted by atomic mass is 9.98. The van der Waals surface area contributed by atoms with Crippen molar-refractivity contribution in [1.29, 1.82) is 0 Å². The first-order chi connectivity index (χ1) is 29.2. The SMILES string of the molecule is c1ccc2c(c1)ccc1cc(C3=NC(c4cccc5oc6c(-c7ccc8c(c7)sc7ccccc78)cccc6c45)=NC(c4ccc5c(c4)oc4ccccc45)N3)ccc12. The Kier molecular flexibility index (Phi) is 6.88. The molecule has 3 aromatic heterocycles. The summed E-state index contributed by atoms with van der Waals surface area (Å²) in [6, 6.07) is 62.1. The highest BCUT2D eigenvalue weighted by Gasteiger charge is 2.25. The Labute approximate surface area is 341 Å². The first-order valence-corrected chi connectivity index (χ1v) is 20.6. The second-order valence-corrected chi connectivity index (χ2v) is 16.4. The molecule has 0 radical (unpaired) electrons. The molecule has 0 saturated heterocycles. The molecule has 12 aromatic rings. The quantitative estimate of drug-likeness (QED) is 0.181. The van der Waals surface area contributed by atoms with Gasteiger partial charge >= 0.3 is 0 Å². The summed E-state index contributed by atoms with van der Waals surface area (Å²) in [5.74, 6) is 1.39. The number of fused-ring (bicyclic) bond motifs is 12. The number of hydrogen-bond acceptors (Lipinski definition) is 6. The molecule has 1 aliphatic heterocycles. The lowest BCUT2D eigenvalue weighted by Crippen LogP contribution is -2.33. The molecule has 9 aromatic carbocycles. The van der Waals surface area contributed by atoms with Crippen molar-refractivity contribution >= 4 is 109 Å². The van der Waals surface area contributed by atoms with E-state index in [1.807, 2.05) is 41.7 Å². The molecule has 1 N–H and O–H groups in total. The zero-order valence-corrected chi connectivity index (χ0v) is 32.3. The molecule has 0 fully saturated rings. The fourth-order valence-electron chi connectivity index (χ4n) is 9.11. The highest BCUT2D eigenvalue weighted by atomic mass is 32.1. The molecule has 4 heterocycles. The van der Waals surface area contributed by atoms with E-state index in [1.54, 1.807) is 0 Å². The Morgan fingerprint density at radius 3 is 2.12 bits per heavy atom. The van der Waals surface area contributed by atoms with E-state index in [0.29, 0.717) is 5.84 Å². The summed E-state index contributed by atoms with van der Waals surface area (Å²) >= 11 is 1.83. The van der Waals surface area contributed by atoms with Crippen molar-refractivity contribution in [2.45, 2.75) is 6.17 Å². The fraction of sp³-hybridized carbons (Fsp3) is 0.0189. The van der Waals surface area contributed by atoms with Crippen LogP contribution in [0.3, 0.4) is 0 Å². The summed E-state index contributed by atoms with van der Waals surface area (Å²) in [6.45, 7) is 0. The van der Waals surface area contributed by atoms with Gasteiger partial charge in [-0.15, -0.1) is 11.3 Å². The van der Waals surface area contributed by atoms with Crippen LogP contribution in [-0.4, -0.2) is 11.7 Å². The van der Waals surface area contributed by atoms with Gasteiger partial charge in [-0.25, -0.2) is 9.98 Å². The average Bonchev–Trinajstić information content (AvgIpc) is 3.99. The summed E-state index contributed by atoms with van der Waals surface area (Å²) in [5.41, 5.74) is 8.40. The van der Waals surface area contributed by atoms with Gasteiger partial charge in [0.25, 0.3) is 0 Å². The van der Waals surface area contributed by atoms with E-state index in [1.165, 1.54) is 36.3 Å². The molecular weight excluding hydrogens is 743 g/mol. The van der Waals surface area contributed by atoms with Gasteiger partial charge in [-0.2, -0.15) is 0 Å². The number of thiophene rings is 1. The number of nitrogens with zero attached hydrogens (tertiary/aromatic N) is 2. The summed E-state index contributed by atoms with van der Waals surface area (Å²) in [7, 11) is 0. The molecule has 1 atom stereocenters. The maximum atomic E-state index is 6.80. The van der Waals surface area contributed by atoms with E-state index >= 15 is 0 Å². The maximum Gasteiger partial charge on any atom is 0.160 e. The third-order valence-corrected chi connectivity index (χ3v) is 13.1. The van der Waals surface area contributed by atoms with Gasteiger partial charge in [0.1, 0.15) is 34.3 Å². The molecular formula is C53H31N3O2S. The summed E-state index contributed by atoms with van der Waals surface area (Å²) in [4.78, 5) is 10.7. The minimum Gasteiger partial charge on any atom is -0.456 e. The third kappa shape index (κ3) is 5.03. The van der Waals surface area contributed by atoms with Crippen LogP contribution in [0.2, 0.25) is 0 Å². The molecule has 0 saturated carbocycles. The number of furan rings is 2. The Hall–Kier alpha value is -7.54. The number of hydrogen-bond donors (Lipinski definition) is 1. The van der Waals surface area contributed by atoms with Gasteiger partial charge in [-0.1, -0.05) is 140 Å². The monoisotopic (exact) mass is 773 g/mol. The van der Waals surface area contributed by atoms with E-state index < -0.39 is 6.17 Å². The van der Waals surface area contributed by atoms with Crippen LogP contribution in [0.4, 0.5) is 0 Å². The highest BCUT2D eigenvalue weighted by Crippen LogP contribution is 2.42. The van der Waals surface area contributed by atoms with Crippen LogP contribution in [0.25, 0.3) is 96.7 Å². The third-order valence-electron chi connectivity index (χ3n) is 11.9. The largest absolute Gasteiger partial charge is 0.456 e. The summed E-state index contributed by atoms with van der Waals surface area (Å²) < 4.78 is 15.7. The van der Waals surface area contributed by atoms with Gasteiger partial charge in [0.05, 0.1) is 0 Å². The first-order valence-electron chi connectivity index (χ1n) is 19.8. The number of rotatable bonds is 4. The molecule has 5 nitrogen and oxygen atoms in total. The maximum absolute atomic E-state index is 6.80. The summed E-state index contributed by atoms with van der Waals surface area (Å²) in [5, 5.41) is 15.3. The van der Waals surface area contributed by atoms with E-state index in [9.17, 15) is 0 Å². The van der Waals surface area contributed by atoms with Gasteiger partial charge in [0.15, 0.2) is 5.84 Å². The van der Waals surface area contributed by atoms with Crippen molar-refractivity contribution in [1.82, 2.24) is 5.32 Å². The number of para-hydroxylation sites is 2. The number of nitrogens with one attached hydrogen (secondary N) is 1. The highest BCUT2D eigenvalue weighted by molar-refractivity contribution is 7.25. The summed E-state index contributed by atoms with van der Waals surface area (Å²) in [6.07, 6.45) is -0.431. The van der Waals surface area contributed by atoms with Crippen molar-refractivity contribution in [3.05, 3.63) is 193 Å². The smallest absolute Gasteiger partial charge is 0.160 e. The van der Waals surface area contributed by atoms with Gasteiger partial charge in [0.2, 0.25) is 0 Å². The molecule has 0 aliphatic carbocycles. The van der Waals surface area contributed by atoms with Crippen molar-refractivity contribution in [3.63, 3.8) is 0 Å². The van der Waals surface area contributed by atoms with Crippen molar-refractivity contribution in [3.8, 4) is 11.1 Å². The van der Waals surface area contributed by atoms with E-state index in [0.717, 1.165) is 82.9 Å². The molecule has 1 aliphatic rings. The van der Waals surface area contributed by atoms with Crippen molar-refractivity contribution in [2.75, 3.05) is 0 Å². The number of aliphatic imine (C=N–C) groups is 2. The van der Waals surface area contributed by atoms with Crippen molar-refractivity contribution in [2.24, 2.45) is 9.98 Å². The Balaban J connectivity index is 0.986. The van der Waals surface area contributed by atoms with Gasteiger partial charge in [0, 0.05) is 64.0 Å². The van der Waals surface area contributed by atoms with E-state index in [-0.39, 0.29) is 0 Å². The molecule has 13 rings (SSSR count). The normalized spacial score (nSPS) is 14.6. The van der Waals surface area contributed by atoms with Gasteiger partial charge in [-0.3, -0.25) is 0 Å². The van der Waals surface area contributed by atoms with Gasteiger partial charge in [-0.05, 0) is 63.5 Å². The molecule has 1 unspecified atom stereocenters. The van der Waals surface area contributed by atoms with Crippen LogP contribution >= 0.6 is 11.3 Å². The van der Waals surface area contributed by atoms with Crippen LogP contribution in [0.1, 0.15) is 22.9 Å². The molecule has 0 spiro atoms. The molecule has 0 bridgehead atoms. The van der Waals surface area contributed by atoms with E-state index in [4.69, 9.17) is 18.8 Å². The van der Waals surface area contributed by atoms with Gasteiger partial charge < -0.3 is 14.2 Å². The van der Waals surface area contributed by atoms with Crippen LogP contribution < -0.4 is 5.32 Å². The second kappa shape index (κ2) is 12.5. The molecule has 276 valence electrons. The molecule has 59 heavy (non-hydrogen) atoms. The molecule has 6 heteroatoms. The zero-order valence-electron chi connectivity index (χ0n) is 31.4. The van der Waals surface area contributed by atoms with Crippen LogP contribution in [0.15, 0.2) is 195 Å². The first kappa shape index (κ1) is 32.5. The molecule has 0 amide bonds. The van der Waals surface area contributed by atoms with Crippen LogP contribution in [-0.2, 0) is 0 Å². The predicted molar refractivity (Wildman–Crippen MR) is 246 cm³/mol. The topological polar surface area (TPSA) is 63.0 Å². The number of benzene rings is 9. The Morgan fingerprint density at radius 2 is 1.15 bits per heavy atom. The lowest BCUT2D eigenvalue weighted by molar-refractivity contribution is 0.655. The fourth-order valence-corrected chi connectivity index (χ4v) is 10.3. The minimum absolute atomic E-state index is 0.431.